The summed E-state index contributed by atoms with van der Waals surface area (Å²) in [5.74, 6) is -0.838. The lowest BCUT2D eigenvalue weighted by atomic mass is 10.2. The van der Waals surface area contributed by atoms with Gasteiger partial charge < -0.3 is 5.11 Å². The van der Waals surface area contributed by atoms with E-state index in [2.05, 4.69) is 4.85 Å². The average molecular weight is 204 g/mol. The fourth-order valence-corrected chi connectivity index (χ4v) is 1.27. The molecule has 78 valence electrons. The Kier molecular flexibility index (Phi) is 3.83. The van der Waals surface area contributed by atoms with Crippen molar-refractivity contribution in [3.05, 3.63) is 41.2 Å². The van der Waals surface area contributed by atoms with Crippen LogP contribution in [0.2, 0.25) is 0 Å². The lowest BCUT2D eigenvalue weighted by molar-refractivity contribution is -0.138. The highest BCUT2D eigenvalue weighted by Gasteiger charge is 2.04. The summed E-state index contributed by atoms with van der Waals surface area (Å²) in [7, 11) is 1.75. The predicted molar refractivity (Wildman–Crippen MR) is 56.7 cm³/mol. The van der Waals surface area contributed by atoms with Crippen LogP contribution in [0.5, 0.6) is 0 Å². The number of carboxylic acid groups (broad SMARTS) is 1. The van der Waals surface area contributed by atoms with E-state index in [1.54, 1.807) is 24.1 Å². The molecule has 0 heterocycles. The maximum absolute atomic E-state index is 10.4. The molecule has 4 heteroatoms. The first-order valence-corrected chi connectivity index (χ1v) is 4.48. The summed E-state index contributed by atoms with van der Waals surface area (Å²) >= 11 is 0. The molecule has 1 rings (SSSR count). The molecule has 0 saturated carbocycles. The van der Waals surface area contributed by atoms with Crippen molar-refractivity contribution in [1.29, 1.82) is 0 Å². The van der Waals surface area contributed by atoms with Crippen molar-refractivity contribution >= 4 is 11.7 Å². The number of hydrogen-bond donors (Lipinski definition) is 1. The average Bonchev–Trinajstić information content (AvgIpc) is 2.17. The van der Waals surface area contributed by atoms with E-state index in [0.29, 0.717) is 12.2 Å². The van der Waals surface area contributed by atoms with Gasteiger partial charge in [-0.25, -0.2) is 4.85 Å². The Morgan fingerprint density at radius 2 is 2.07 bits per heavy atom. The van der Waals surface area contributed by atoms with Gasteiger partial charge in [0.2, 0.25) is 0 Å². The molecule has 0 unspecified atom stereocenters. The monoisotopic (exact) mass is 204 g/mol. The van der Waals surface area contributed by atoms with Crippen molar-refractivity contribution in [3.63, 3.8) is 0 Å². The van der Waals surface area contributed by atoms with Gasteiger partial charge in [-0.3, -0.25) is 9.69 Å². The third-order valence-electron chi connectivity index (χ3n) is 1.92. The first-order chi connectivity index (χ1) is 7.11. The van der Waals surface area contributed by atoms with E-state index in [1.165, 1.54) is 0 Å². The molecule has 0 amide bonds. The molecule has 1 aromatic carbocycles. The van der Waals surface area contributed by atoms with Gasteiger partial charge in [0.25, 0.3) is 0 Å². The molecule has 15 heavy (non-hydrogen) atoms. The minimum atomic E-state index is -0.838. The number of rotatable bonds is 4. The van der Waals surface area contributed by atoms with Crippen LogP contribution >= 0.6 is 0 Å². The third kappa shape index (κ3) is 3.79. The van der Waals surface area contributed by atoms with Crippen LogP contribution in [0.1, 0.15) is 5.56 Å². The fourth-order valence-electron chi connectivity index (χ4n) is 1.27. The standard InChI is InChI=1S/C11H12N2O2/c1-12-10-5-3-9(4-6-10)7-13(2)8-11(14)15/h3-6H,7-8H2,2H3,(H,14,15). The Hall–Kier alpha value is -1.86. The van der Waals surface area contributed by atoms with Crippen LogP contribution in [0, 0.1) is 6.57 Å². The van der Waals surface area contributed by atoms with E-state index in [0.717, 1.165) is 5.56 Å². The summed E-state index contributed by atoms with van der Waals surface area (Å²) < 4.78 is 0. The van der Waals surface area contributed by atoms with E-state index in [-0.39, 0.29) is 6.54 Å². The smallest absolute Gasteiger partial charge is 0.317 e. The van der Waals surface area contributed by atoms with Gasteiger partial charge in [0, 0.05) is 6.54 Å². The molecule has 0 aliphatic heterocycles. The van der Waals surface area contributed by atoms with Gasteiger partial charge in [0.05, 0.1) is 13.1 Å². The van der Waals surface area contributed by atoms with Crippen molar-refractivity contribution in [3.8, 4) is 0 Å². The number of hydrogen-bond acceptors (Lipinski definition) is 2. The van der Waals surface area contributed by atoms with Gasteiger partial charge in [0.1, 0.15) is 0 Å². The number of aliphatic carboxylic acids is 1. The van der Waals surface area contributed by atoms with Crippen LogP contribution in [-0.4, -0.2) is 29.6 Å². The predicted octanol–water partition coefficient (Wildman–Crippen LogP) is 1.75. The van der Waals surface area contributed by atoms with Gasteiger partial charge in [0.15, 0.2) is 5.69 Å². The SMILES string of the molecule is [C-]#[N+]c1ccc(CN(C)CC(=O)O)cc1. The Morgan fingerprint density at radius 3 is 2.53 bits per heavy atom. The molecule has 0 fully saturated rings. The van der Waals surface area contributed by atoms with Crippen LogP contribution in [0.3, 0.4) is 0 Å². The molecule has 0 radical (unpaired) electrons. The number of likely N-dealkylation sites (N-methyl/N-ethyl adjacent to an activating group) is 1. The molecule has 0 aliphatic rings. The zero-order valence-corrected chi connectivity index (χ0v) is 8.47. The molecule has 0 aromatic heterocycles. The first kappa shape index (κ1) is 11.2. The Labute approximate surface area is 88.6 Å². The summed E-state index contributed by atoms with van der Waals surface area (Å²) in [6.07, 6.45) is 0. The second kappa shape index (κ2) is 5.13. The molecule has 0 aliphatic carbocycles. The summed E-state index contributed by atoms with van der Waals surface area (Å²) in [6, 6.07) is 7.14. The van der Waals surface area contributed by atoms with Gasteiger partial charge in [-0.05, 0) is 12.6 Å². The van der Waals surface area contributed by atoms with Crippen LogP contribution < -0.4 is 0 Å². The van der Waals surface area contributed by atoms with E-state index in [1.807, 2.05) is 12.1 Å². The first-order valence-electron chi connectivity index (χ1n) is 4.48. The minimum absolute atomic E-state index is 0.0184. The Bertz CT molecular complexity index is 379. The Balaban J connectivity index is 2.58. The topological polar surface area (TPSA) is 44.9 Å². The lowest BCUT2D eigenvalue weighted by Crippen LogP contribution is -2.24. The van der Waals surface area contributed by atoms with Gasteiger partial charge in [-0.1, -0.05) is 24.3 Å². The quantitative estimate of drug-likeness (QED) is 0.760. The second-order valence-electron chi connectivity index (χ2n) is 3.34. The highest BCUT2D eigenvalue weighted by atomic mass is 16.4. The lowest BCUT2D eigenvalue weighted by Gasteiger charge is -2.13. The molecule has 0 bridgehead atoms. The van der Waals surface area contributed by atoms with E-state index >= 15 is 0 Å². The van der Waals surface area contributed by atoms with Crippen LogP contribution in [0.15, 0.2) is 24.3 Å². The molecule has 1 aromatic rings. The normalized spacial score (nSPS) is 9.93. The summed E-state index contributed by atoms with van der Waals surface area (Å²) in [5, 5.41) is 8.56. The number of benzene rings is 1. The molecule has 4 nitrogen and oxygen atoms in total. The number of carbonyl (C=O) groups is 1. The van der Waals surface area contributed by atoms with Crippen LogP contribution in [0.4, 0.5) is 5.69 Å². The molecule has 0 saturated heterocycles. The highest BCUT2D eigenvalue weighted by Crippen LogP contribution is 2.13. The zero-order chi connectivity index (χ0) is 11.3. The largest absolute Gasteiger partial charge is 0.480 e. The van der Waals surface area contributed by atoms with Crippen LogP contribution in [-0.2, 0) is 11.3 Å². The number of nitrogens with zero attached hydrogens (tertiary/aromatic N) is 2. The molecular formula is C11H12N2O2. The van der Waals surface area contributed by atoms with Crippen molar-refractivity contribution in [1.82, 2.24) is 4.90 Å². The molecule has 0 spiro atoms. The van der Waals surface area contributed by atoms with Crippen molar-refractivity contribution in [2.75, 3.05) is 13.6 Å². The van der Waals surface area contributed by atoms with E-state index < -0.39 is 5.97 Å². The van der Waals surface area contributed by atoms with Gasteiger partial charge >= 0.3 is 5.97 Å². The van der Waals surface area contributed by atoms with E-state index in [4.69, 9.17) is 11.7 Å². The molecular weight excluding hydrogens is 192 g/mol. The van der Waals surface area contributed by atoms with Crippen molar-refractivity contribution in [2.24, 2.45) is 0 Å². The maximum atomic E-state index is 10.4. The molecule has 0 atom stereocenters. The summed E-state index contributed by atoms with van der Waals surface area (Å²) in [6.45, 7) is 7.38. The fraction of sp³-hybridized carbons (Fsp3) is 0.273. The highest BCUT2D eigenvalue weighted by molar-refractivity contribution is 5.69. The van der Waals surface area contributed by atoms with Crippen molar-refractivity contribution in [2.45, 2.75) is 6.54 Å². The summed E-state index contributed by atoms with van der Waals surface area (Å²) in [5.41, 5.74) is 1.60. The Morgan fingerprint density at radius 1 is 1.47 bits per heavy atom. The van der Waals surface area contributed by atoms with Crippen LogP contribution in [0.25, 0.3) is 4.85 Å². The van der Waals surface area contributed by atoms with Gasteiger partial charge in [-0.15, -0.1) is 0 Å². The van der Waals surface area contributed by atoms with E-state index in [9.17, 15) is 4.79 Å². The maximum Gasteiger partial charge on any atom is 0.317 e. The zero-order valence-electron chi connectivity index (χ0n) is 8.47. The molecule has 1 N–H and O–H groups in total. The number of carboxylic acids is 1. The summed E-state index contributed by atoms with van der Waals surface area (Å²) in [4.78, 5) is 15.4. The van der Waals surface area contributed by atoms with Crippen molar-refractivity contribution < 1.29 is 9.90 Å². The van der Waals surface area contributed by atoms with Gasteiger partial charge in [-0.2, -0.15) is 0 Å². The minimum Gasteiger partial charge on any atom is -0.480 e. The third-order valence-corrected chi connectivity index (χ3v) is 1.92. The second-order valence-corrected chi connectivity index (χ2v) is 3.34.